The van der Waals surface area contributed by atoms with Gasteiger partial charge in [0.1, 0.15) is 0 Å². The first kappa shape index (κ1) is 14.5. The van der Waals surface area contributed by atoms with Crippen LogP contribution in [-0.4, -0.2) is 21.3 Å². The van der Waals surface area contributed by atoms with Crippen molar-refractivity contribution in [3.8, 4) is 0 Å². The van der Waals surface area contributed by atoms with Crippen molar-refractivity contribution in [3.63, 3.8) is 0 Å². The lowest BCUT2D eigenvalue weighted by Crippen LogP contribution is -2.19. The molecule has 0 aliphatic heterocycles. The molecular weight excluding hydrogens is 254 g/mol. The summed E-state index contributed by atoms with van der Waals surface area (Å²) >= 11 is 0. The molecule has 1 aromatic carbocycles. The molecular formula is C15H21N3O2. The van der Waals surface area contributed by atoms with Crippen LogP contribution in [0.15, 0.2) is 34.9 Å². The minimum absolute atomic E-state index is 0.0330. The van der Waals surface area contributed by atoms with Crippen molar-refractivity contribution in [1.29, 1.82) is 0 Å². The lowest BCUT2D eigenvalue weighted by atomic mass is 10.0. The van der Waals surface area contributed by atoms with Gasteiger partial charge in [0.15, 0.2) is 5.82 Å². The number of nitrogens with zero attached hydrogens (tertiary/aromatic N) is 2. The largest absolute Gasteiger partial charge is 0.388 e. The number of rotatable bonds is 6. The monoisotopic (exact) mass is 275 g/mol. The van der Waals surface area contributed by atoms with Crippen LogP contribution in [0.4, 0.5) is 6.01 Å². The molecule has 1 heterocycles. The third-order valence-corrected chi connectivity index (χ3v) is 3.09. The van der Waals surface area contributed by atoms with Gasteiger partial charge in [0.2, 0.25) is 0 Å². The van der Waals surface area contributed by atoms with E-state index in [-0.39, 0.29) is 12.0 Å². The summed E-state index contributed by atoms with van der Waals surface area (Å²) in [6.45, 7) is 6.00. The van der Waals surface area contributed by atoms with Crippen molar-refractivity contribution in [3.05, 3.63) is 41.7 Å². The van der Waals surface area contributed by atoms with Gasteiger partial charge in [-0.1, -0.05) is 49.3 Å². The summed E-state index contributed by atoms with van der Waals surface area (Å²) in [5, 5.41) is 17.2. The number of hydrogen-bond acceptors (Lipinski definition) is 5. The average molecular weight is 275 g/mol. The topological polar surface area (TPSA) is 71.2 Å². The maximum Gasteiger partial charge on any atom is 0.321 e. The van der Waals surface area contributed by atoms with Gasteiger partial charge in [0.25, 0.3) is 0 Å². The van der Waals surface area contributed by atoms with Crippen LogP contribution in [0.3, 0.4) is 0 Å². The Morgan fingerprint density at radius 1 is 1.20 bits per heavy atom. The first-order valence-corrected chi connectivity index (χ1v) is 6.89. The minimum Gasteiger partial charge on any atom is -0.388 e. The highest BCUT2D eigenvalue weighted by molar-refractivity contribution is 5.22. The Hall–Kier alpha value is -1.88. The van der Waals surface area contributed by atoms with Crippen LogP contribution in [-0.2, 0) is 0 Å². The SMILES string of the molecule is CC(C)c1noc(N[C@@H](C)C[C@@H](O)c2ccccc2)n1. The van der Waals surface area contributed by atoms with E-state index >= 15 is 0 Å². The summed E-state index contributed by atoms with van der Waals surface area (Å²) in [5.74, 6) is 0.919. The van der Waals surface area contributed by atoms with Gasteiger partial charge >= 0.3 is 6.01 Å². The number of hydrogen-bond donors (Lipinski definition) is 2. The molecule has 0 aliphatic carbocycles. The fraction of sp³-hybridized carbons (Fsp3) is 0.467. The molecule has 2 atom stereocenters. The van der Waals surface area contributed by atoms with Crippen LogP contribution in [0, 0.1) is 0 Å². The van der Waals surface area contributed by atoms with Gasteiger partial charge in [0.05, 0.1) is 6.10 Å². The molecule has 0 aliphatic rings. The van der Waals surface area contributed by atoms with Gasteiger partial charge in [-0.15, -0.1) is 0 Å². The zero-order valence-electron chi connectivity index (χ0n) is 12.1. The predicted molar refractivity (Wildman–Crippen MR) is 77.5 cm³/mol. The average Bonchev–Trinajstić information content (AvgIpc) is 2.88. The van der Waals surface area contributed by atoms with Crippen molar-refractivity contribution in [2.24, 2.45) is 0 Å². The Morgan fingerprint density at radius 2 is 1.90 bits per heavy atom. The molecule has 108 valence electrons. The highest BCUT2D eigenvalue weighted by Crippen LogP contribution is 2.20. The summed E-state index contributed by atoms with van der Waals surface area (Å²) in [5.41, 5.74) is 0.912. The molecule has 0 bridgehead atoms. The first-order chi connectivity index (χ1) is 9.56. The van der Waals surface area contributed by atoms with Crippen molar-refractivity contribution in [1.82, 2.24) is 10.1 Å². The molecule has 5 heteroatoms. The summed E-state index contributed by atoms with van der Waals surface area (Å²) in [6, 6.07) is 10.0. The second-order valence-corrected chi connectivity index (χ2v) is 5.32. The van der Waals surface area contributed by atoms with Gasteiger partial charge in [0, 0.05) is 12.0 Å². The van der Waals surface area contributed by atoms with Gasteiger partial charge in [-0.05, 0) is 18.9 Å². The number of aliphatic hydroxyl groups is 1. The van der Waals surface area contributed by atoms with E-state index in [1.54, 1.807) is 0 Å². The standard InChI is InChI=1S/C15H21N3O2/c1-10(2)14-17-15(20-18-14)16-11(3)9-13(19)12-7-5-4-6-8-12/h4-8,10-11,13,19H,9H2,1-3H3,(H,16,17,18)/t11-,13+/m0/s1. The quantitative estimate of drug-likeness (QED) is 0.847. The van der Waals surface area contributed by atoms with Crippen LogP contribution < -0.4 is 5.32 Å². The lowest BCUT2D eigenvalue weighted by molar-refractivity contribution is 0.162. The molecule has 0 spiro atoms. The number of benzene rings is 1. The second-order valence-electron chi connectivity index (χ2n) is 5.32. The van der Waals surface area contributed by atoms with E-state index < -0.39 is 6.10 Å². The van der Waals surface area contributed by atoms with Crippen LogP contribution in [0.5, 0.6) is 0 Å². The van der Waals surface area contributed by atoms with E-state index in [9.17, 15) is 5.11 Å². The molecule has 0 radical (unpaired) electrons. The Bertz CT molecular complexity index is 525. The molecule has 0 amide bonds. The Morgan fingerprint density at radius 3 is 2.50 bits per heavy atom. The minimum atomic E-state index is -0.508. The third kappa shape index (κ3) is 3.81. The van der Waals surface area contributed by atoms with E-state index in [0.717, 1.165) is 5.56 Å². The Kier molecular flexibility index (Phi) is 4.74. The highest BCUT2D eigenvalue weighted by Gasteiger charge is 2.15. The van der Waals surface area contributed by atoms with E-state index in [2.05, 4.69) is 15.5 Å². The van der Waals surface area contributed by atoms with Gasteiger partial charge in [-0.3, -0.25) is 0 Å². The number of aliphatic hydroxyl groups excluding tert-OH is 1. The molecule has 1 aromatic heterocycles. The highest BCUT2D eigenvalue weighted by atomic mass is 16.5. The van der Waals surface area contributed by atoms with E-state index in [1.807, 2.05) is 51.1 Å². The molecule has 2 N–H and O–H groups in total. The molecule has 5 nitrogen and oxygen atoms in total. The van der Waals surface area contributed by atoms with Crippen molar-refractivity contribution >= 4 is 6.01 Å². The fourth-order valence-electron chi connectivity index (χ4n) is 1.94. The van der Waals surface area contributed by atoms with Gasteiger partial charge in [-0.2, -0.15) is 4.98 Å². The lowest BCUT2D eigenvalue weighted by Gasteiger charge is -2.16. The number of nitrogens with one attached hydrogen (secondary N) is 1. The van der Waals surface area contributed by atoms with Crippen LogP contribution in [0.25, 0.3) is 0 Å². The fourth-order valence-corrected chi connectivity index (χ4v) is 1.94. The summed E-state index contributed by atoms with van der Waals surface area (Å²) in [7, 11) is 0. The summed E-state index contributed by atoms with van der Waals surface area (Å²) in [4.78, 5) is 4.26. The Balaban J connectivity index is 1.90. The smallest absolute Gasteiger partial charge is 0.321 e. The van der Waals surface area contributed by atoms with Crippen molar-refractivity contribution in [2.75, 3.05) is 5.32 Å². The van der Waals surface area contributed by atoms with Crippen molar-refractivity contribution in [2.45, 2.75) is 45.3 Å². The molecule has 0 fully saturated rings. The molecule has 0 saturated carbocycles. The Labute approximate surface area is 119 Å². The third-order valence-electron chi connectivity index (χ3n) is 3.09. The van der Waals surface area contributed by atoms with Crippen LogP contribution >= 0.6 is 0 Å². The maximum atomic E-state index is 10.2. The van der Waals surface area contributed by atoms with Gasteiger partial charge < -0.3 is 14.9 Å². The number of anilines is 1. The first-order valence-electron chi connectivity index (χ1n) is 6.89. The van der Waals surface area contributed by atoms with Crippen molar-refractivity contribution < 1.29 is 9.63 Å². The van der Waals surface area contributed by atoms with Gasteiger partial charge in [-0.25, -0.2) is 0 Å². The normalized spacial score (nSPS) is 14.2. The van der Waals surface area contributed by atoms with E-state index in [1.165, 1.54) is 0 Å². The van der Waals surface area contributed by atoms with E-state index in [0.29, 0.717) is 18.3 Å². The number of aromatic nitrogens is 2. The predicted octanol–water partition coefficient (Wildman–Crippen LogP) is 3.12. The zero-order valence-corrected chi connectivity index (χ0v) is 12.1. The maximum absolute atomic E-state index is 10.2. The van der Waals surface area contributed by atoms with E-state index in [4.69, 9.17) is 4.52 Å². The molecule has 20 heavy (non-hydrogen) atoms. The zero-order chi connectivity index (χ0) is 14.5. The molecule has 2 rings (SSSR count). The molecule has 0 saturated heterocycles. The van der Waals surface area contributed by atoms with Crippen LogP contribution in [0.1, 0.15) is 50.6 Å². The summed E-state index contributed by atoms with van der Waals surface area (Å²) < 4.78 is 5.13. The van der Waals surface area contributed by atoms with Crippen LogP contribution in [0.2, 0.25) is 0 Å². The summed E-state index contributed by atoms with van der Waals surface area (Å²) in [6.07, 6.45) is 0.0647. The second kappa shape index (κ2) is 6.52. The molecule has 2 aromatic rings. The molecule has 0 unspecified atom stereocenters.